The van der Waals surface area contributed by atoms with Gasteiger partial charge in [0.25, 0.3) is 0 Å². The zero-order chi connectivity index (χ0) is 15.0. The first-order valence-electron chi connectivity index (χ1n) is 6.94. The van der Waals surface area contributed by atoms with Crippen molar-refractivity contribution in [3.05, 3.63) is 47.7 Å². The number of aromatic carboxylic acids is 1. The molecule has 1 unspecified atom stereocenters. The third-order valence-electron chi connectivity index (χ3n) is 3.95. The van der Waals surface area contributed by atoms with Crippen LogP contribution in [0.3, 0.4) is 0 Å². The minimum Gasteiger partial charge on any atom is -0.478 e. The Balaban J connectivity index is 2.16. The maximum absolute atomic E-state index is 11.3. The zero-order valence-electron chi connectivity index (χ0n) is 11.8. The lowest BCUT2D eigenvalue weighted by molar-refractivity contribution is 0.0698. The second kappa shape index (κ2) is 5.09. The van der Waals surface area contributed by atoms with Gasteiger partial charge in [0.05, 0.1) is 11.3 Å². The van der Waals surface area contributed by atoms with Gasteiger partial charge in [-0.3, -0.25) is 0 Å². The van der Waals surface area contributed by atoms with E-state index >= 15 is 0 Å². The molecule has 1 aromatic carbocycles. The summed E-state index contributed by atoms with van der Waals surface area (Å²) >= 11 is 0. The molecule has 2 heterocycles. The first-order chi connectivity index (χ1) is 10.1. The molecule has 21 heavy (non-hydrogen) atoms. The lowest BCUT2D eigenvalue weighted by atomic mass is 9.96. The molecule has 0 saturated heterocycles. The van der Waals surface area contributed by atoms with Gasteiger partial charge in [-0.2, -0.15) is 0 Å². The van der Waals surface area contributed by atoms with Crippen LogP contribution in [0.25, 0.3) is 0 Å². The van der Waals surface area contributed by atoms with Gasteiger partial charge in [0.2, 0.25) is 0 Å². The Morgan fingerprint density at radius 2 is 2.14 bits per heavy atom. The van der Waals surface area contributed by atoms with E-state index in [0.29, 0.717) is 5.82 Å². The second-order valence-electron chi connectivity index (χ2n) is 5.29. The van der Waals surface area contributed by atoms with Crippen LogP contribution in [0.4, 0.5) is 17.2 Å². The van der Waals surface area contributed by atoms with Crippen molar-refractivity contribution in [2.75, 3.05) is 10.6 Å². The highest BCUT2D eigenvalue weighted by Gasteiger charge is 2.27. The number of para-hydroxylation sites is 1. The van der Waals surface area contributed by atoms with Gasteiger partial charge >= 0.3 is 5.97 Å². The van der Waals surface area contributed by atoms with Gasteiger partial charge in [0, 0.05) is 17.9 Å². The number of hydrogen-bond acceptors (Lipinski definition) is 4. The average Bonchev–Trinajstić information content (AvgIpc) is 2.48. The van der Waals surface area contributed by atoms with Crippen molar-refractivity contribution < 1.29 is 9.90 Å². The smallest absolute Gasteiger partial charge is 0.337 e. The van der Waals surface area contributed by atoms with Crippen LogP contribution in [0.1, 0.15) is 29.3 Å². The lowest BCUT2D eigenvalue weighted by Gasteiger charge is -2.36. The number of fused-ring (bicyclic) bond motifs is 1. The highest BCUT2D eigenvalue weighted by molar-refractivity contribution is 5.97. The predicted molar refractivity (Wildman–Crippen MR) is 82.0 cm³/mol. The van der Waals surface area contributed by atoms with Crippen LogP contribution in [-0.2, 0) is 6.42 Å². The van der Waals surface area contributed by atoms with Crippen molar-refractivity contribution in [3.63, 3.8) is 0 Å². The summed E-state index contributed by atoms with van der Waals surface area (Å²) < 4.78 is 0. The van der Waals surface area contributed by atoms with Crippen LogP contribution in [0.2, 0.25) is 0 Å². The van der Waals surface area contributed by atoms with Gasteiger partial charge in [0.1, 0.15) is 0 Å². The Kier molecular flexibility index (Phi) is 3.25. The third-order valence-corrected chi connectivity index (χ3v) is 3.95. The molecule has 1 aromatic heterocycles. The summed E-state index contributed by atoms with van der Waals surface area (Å²) in [5, 5.41) is 9.22. The highest BCUT2D eigenvalue weighted by atomic mass is 16.4. The molecule has 0 fully saturated rings. The molecule has 2 aromatic rings. The van der Waals surface area contributed by atoms with Gasteiger partial charge in [0.15, 0.2) is 5.82 Å². The van der Waals surface area contributed by atoms with Crippen molar-refractivity contribution in [2.24, 2.45) is 0 Å². The molecule has 5 nitrogen and oxygen atoms in total. The van der Waals surface area contributed by atoms with Gasteiger partial charge in [-0.15, -0.1) is 0 Å². The van der Waals surface area contributed by atoms with Crippen LogP contribution >= 0.6 is 0 Å². The number of pyridine rings is 1. The standard InChI is InChI=1S/C16H17N3O2/c1-10-6-7-11-4-2-3-5-13(11)19(10)15-14(17)12(16(20)21)8-9-18-15/h2-5,8-10H,6-7,17H2,1H3,(H,20,21). The average molecular weight is 283 g/mol. The Morgan fingerprint density at radius 3 is 2.90 bits per heavy atom. The molecule has 0 radical (unpaired) electrons. The Morgan fingerprint density at radius 1 is 1.38 bits per heavy atom. The van der Waals surface area contributed by atoms with E-state index in [0.717, 1.165) is 18.5 Å². The molecule has 0 bridgehead atoms. The highest BCUT2D eigenvalue weighted by Crippen LogP contribution is 2.38. The number of nitrogen functional groups attached to an aromatic ring is 1. The van der Waals surface area contributed by atoms with Crippen molar-refractivity contribution in [2.45, 2.75) is 25.8 Å². The van der Waals surface area contributed by atoms with E-state index in [4.69, 9.17) is 5.73 Å². The van der Waals surface area contributed by atoms with Crippen molar-refractivity contribution >= 4 is 23.2 Å². The monoisotopic (exact) mass is 283 g/mol. The number of benzene rings is 1. The zero-order valence-corrected chi connectivity index (χ0v) is 11.8. The molecule has 0 spiro atoms. The number of aryl methyl sites for hydroxylation is 1. The summed E-state index contributed by atoms with van der Waals surface area (Å²) in [7, 11) is 0. The molecular weight excluding hydrogens is 266 g/mol. The first-order valence-corrected chi connectivity index (χ1v) is 6.94. The minimum atomic E-state index is -1.03. The molecule has 5 heteroatoms. The van der Waals surface area contributed by atoms with Crippen LogP contribution in [0.15, 0.2) is 36.5 Å². The van der Waals surface area contributed by atoms with E-state index in [9.17, 15) is 9.90 Å². The SMILES string of the molecule is CC1CCc2ccccc2N1c1nccc(C(=O)O)c1N. The van der Waals surface area contributed by atoms with Gasteiger partial charge in [-0.05, 0) is 37.5 Å². The van der Waals surface area contributed by atoms with Gasteiger partial charge in [-0.1, -0.05) is 18.2 Å². The minimum absolute atomic E-state index is 0.0928. The number of anilines is 3. The van der Waals surface area contributed by atoms with Gasteiger partial charge < -0.3 is 15.7 Å². The van der Waals surface area contributed by atoms with E-state index in [2.05, 4.69) is 18.0 Å². The molecule has 0 amide bonds. The van der Waals surface area contributed by atoms with Crippen molar-refractivity contribution in [3.8, 4) is 0 Å². The van der Waals surface area contributed by atoms with Crippen LogP contribution in [0.5, 0.6) is 0 Å². The number of nitrogens with zero attached hydrogens (tertiary/aromatic N) is 2. The fraction of sp³-hybridized carbons (Fsp3) is 0.250. The second-order valence-corrected chi connectivity index (χ2v) is 5.29. The van der Waals surface area contributed by atoms with E-state index in [-0.39, 0.29) is 17.3 Å². The number of hydrogen-bond donors (Lipinski definition) is 2. The molecule has 1 atom stereocenters. The normalized spacial score (nSPS) is 17.4. The molecule has 108 valence electrons. The van der Waals surface area contributed by atoms with E-state index in [1.807, 2.05) is 23.1 Å². The molecule has 1 aliphatic heterocycles. The number of carboxylic acids is 1. The summed E-state index contributed by atoms with van der Waals surface area (Å²) in [4.78, 5) is 17.6. The lowest BCUT2D eigenvalue weighted by Crippen LogP contribution is -2.34. The predicted octanol–water partition coefficient (Wildman–Crippen LogP) is 2.83. The third kappa shape index (κ3) is 2.20. The fourth-order valence-electron chi connectivity index (χ4n) is 2.85. The van der Waals surface area contributed by atoms with Gasteiger partial charge in [-0.25, -0.2) is 9.78 Å². The summed E-state index contributed by atoms with van der Waals surface area (Å²) in [5.41, 5.74) is 8.65. The largest absolute Gasteiger partial charge is 0.478 e. The van der Waals surface area contributed by atoms with E-state index < -0.39 is 5.97 Å². The van der Waals surface area contributed by atoms with Crippen LogP contribution < -0.4 is 10.6 Å². The van der Waals surface area contributed by atoms with E-state index in [1.165, 1.54) is 17.8 Å². The summed E-state index contributed by atoms with van der Waals surface area (Å²) in [6, 6.07) is 9.75. The summed E-state index contributed by atoms with van der Waals surface area (Å²) in [6.07, 6.45) is 3.49. The number of rotatable bonds is 2. The van der Waals surface area contributed by atoms with Crippen LogP contribution in [0, 0.1) is 0 Å². The van der Waals surface area contributed by atoms with Crippen molar-refractivity contribution in [1.29, 1.82) is 0 Å². The molecule has 3 rings (SSSR count). The van der Waals surface area contributed by atoms with Crippen molar-refractivity contribution in [1.82, 2.24) is 4.98 Å². The topological polar surface area (TPSA) is 79.5 Å². The van der Waals surface area contributed by atoms with Crippen LogP contribution in [-0.4, -0.2) is 22.1 Å². The quantitative estimate of drug-likeness (QED) is 0.886. The summed E-state index contributed by atoms with van der Waals surface area (Å²) in [6.45, 7) is 2.10. The molecule has 1 aliphatic rings. The Labute approximate surface area is 123 Å². The fourth-order valence-corrected chi connectivity index (χ4v) is 2.85. The number of carboxylic acid groups (broad SMARTS) is 1. The molecule has 0 saturated carbocycles. The number of aromatic nitrogens is 1. The molecular formula is C16H17N3O2. The number of carbonyl (C=O) groups is 1. The number of nitrogens with two attached hydrogens (primary N) is 1. The Hall–Kier alpha value is -2.56. The maximum Gasteiger partial charge on any atom is 0.337 e. The Bertz CT molecular complexity index is 700. The molecule has 0 aliphatic carbocycles. The molecule has 3 N–H and O–H groups in total. The maximum atomic E-state index is 11.3. The summed E-state index contributed by atoms with van der Waals surface area (Å²) in [5.74, 6) is -0.511. The van der Waals surface area contributed by atoms with E-state index in [1.54, 1.807) is 0 Å². The first kappa shape index (κ1) is 13.4.